The molecule has 0 amide bonds. The van der Waals surface area contributed by atoms with Gasteiger partial charge in [0.15, 0.2) is 0 Å². The van der Waals surface area contributed by atoms with Gasteiger partial charge < -0.3 is 0 Å². The molecule has 22 heavy (non-hydrogen) atoms. The van der Waals surface area contributed by atoms with E-state index < -0.39 is 0 Å². The molecule has 0 atom stereocenters. The smallest absolute Gasteiger partial charge is 0.0357 e. The summed E-state index contributed by atoms with van der Waals surface area (Å²) in [5, 5.41) is 0. The van der Waals surface area contributed by atoms with Gasteiger partial charge in [-0.25, -0.2) is 0 Å². The quantitative estimate of drug-likeness (QED) is 0.236. The van der Waals surface area contributed by atoms with Gasteiger partial charge in [-0.05, 0) is 11.8 Å². The molecule has 0 heteroatoms. The van der Waals surface area contributed by atoms with E-state index in [1.54, 1.807) is 0 Å². The Kier molecular flexibility index (Phi) is 15.9. The summed E-state index contributed by atoms with van der Waals surface area (Å²) in [6, 6.07) is 0. The van der Waals surface area contributed by atoms with Gasteiger partial charge in [-0.15, -0.1) is 0 Å². The monoisotopic (exact) mass is 310 g/mol. The Morgan fingerprint density at radius 3 is 1.09 bits per heavy atom. The van der Waals surface area contributed by atoms with Gasteiger partial charge in [-0.3, -0.25) is 0 Å². The fourth-order valence-corrected chi connectivity index (χ4v) is 3.15. The van der Waals surface area contributed by atoms with Crippen LogP contribution in [0.3, 0.4) is 0 Å². The molecule has 0 fully saturated rings. The minimum Gasteiger partial charge on any atom is -0.0654 e. The fourth-order valence-electron chi connectivity index (χ4n) is 3.15. The van der Waals surface area contributed by atoms with Crippen LogP contribution in [0.25, 0.3) is 0 Å². The molecule has 0 saturated carbocycles. The van der Waals surface area contributed by atoms with E-state index in [1.807, 2.05) is 0 Å². The molecule has 0 spiro atoms. The first kappa shape index (κ1) is 22.0. The number of hydrogen-bond acceptors (Lipinski definition) is 0. The third-order valence-corrected chi connectivity index (χ3v) is 5.41. The molecule has 0 rings (SSSR count). The highest BCUT2D eigenvalue weighted by Crippen LogP contribution is 2.27. The van der Waals surface area contributed by atoms with Crippen LogP contribution in [-0.2, 0) is 0 Å². The Morgan fingerprint density at radius 2 is 0.773 bits per heavy atom. The molecule has 134 valence electrons. The molecule has 0 aliphatic carbocycles. The van der Waals surface area contributed by atoms with Gasteiger partial charge in [0, 0.05) is 0 Å². The zero-order valence-corrected chi connectivity index (χ0v) is 16.5. The van der Waals surface area contributed by atoms with Crippen LogP contribution in [0.1, 0.15) is 137 Å². The normalized spacial score (nSPS) is 12.0. The summed E-state index contributed by atoms with van der Waals surface area (Å²) >= 11 is 0. The van der Waals surface area contributed by atoms with Crippen LogP contribution in [0.5, 0.6) is 0 Å². The van der Waals surface area contributed by atoms with Crippen molar-refractivity contribution in [1.29, 1.82) is 0 Å². The maximum atomic E-state index is 2.41. The highest BCUT2D eigenvalue weighted by atomic mass is 14.2. The predicted octanol–water partition coefficient (Wildman–Crippen LogP) is 8.68. The Labute approximate surface area is 142 Å². The second kappa shape index (κ2) is 15.9. The minimum absolute atomic E-state index is 0.580. The highest BCUT2D eigenvalue weighted by Gasteiger charge is 2.13. The predicted molar refractivity (Wildman–Crippen MR) is 104 cm³/mol. The lowest BCUT2D eigenvalue weighted by molar-refractivity contribution is 0.307. The third kappa shape index (κ3) is 16.4. The van der Waals surface area contributed by atoms with Crippen LogP contribution in [-0.4, -0.2) is 0 Å². The number of rotatable bonds is 17. The third-order valence-electron chi connectivity index (χ3n) is 5.41. The van der Waals surface area contributed by atoms with E-state index in [4.69, 9.17) is 0 Å². The standard InChI is InChI=1S/C22H46/c1-5-7-8-9-10-11-12-13-14-15-16-17-18-19-20-21-22(3,4)6-2/h5-21H2,1-4H3. The molecule has 0 N–H and O–H groups in total. The summed E-state index contributed by atoms with van der Waals surface area (Å²) in [4.78, 5) is 0. The summed E-state index contributed by atoms with van der Waals surface area (Å²) in [6.07, 6.45) is 24.7. The van der Waals surface area contributed by atoms with Crippen molar-refractivity contribution in [2.24, 2.45) is 5.41 Å². The molecule has 0 bridgehead atoms. The summed E-state index contributed by atoms with van der Waals surface area (Å²) < 4.78 is 0. The van der Waals surface area contributed by atoms with E-state index >= 15 is 0 Å². The average Bonchev–Trinajstić information content (AvgIpc) is 2.51. The Balaban J connectivity index is 3.06. The van der Waals surface area contributed by atoms with Gasteiger partial charge >= 0.3 is 0 Å². The molecular formula is C22H46. The second-order valence-electron chi connectivity index (χ2n) is 8.22. The Bertz CT molecular complexity index is 204. The zero-order valence-electron chi connectivity index (χ0n) is 16.5. The Hall–Kier alpha value is 0. The number of unbranched alkanes of at least 4 members (excludes halogenated alkanes) is 14. The SMILES string of the molecule is CCCCCCCCCCCCCCCCCC(C)(C)CC. The largest absolute Gasteiger partial charge is 0.0654 e. The molecule has 0 radical (unpaired) electrons. The minimum atomic E-state index is 0.580. The fraction of sp³-hybridized carbons (Fsp3) is 1.00. The van der Waals surface area contributed by atoms with Gasteiger partial charge in [0.2, 0.25) is 0 Å². The van der Waals surface area contributed by atoms with Crippen molar-refractivity contribution in [2.75, 3.05) is 0 Å². The van der Waals surface area contributed by atoms with Crippen LogP contribution in [0.15, 0.2) is 0 Å². The van der Waals surface area contributed by atoms with Gasteiger partial charge in [-0.2, -0.15) is 0 Å². The highest BCUT2D eigenvalue weighted by molar-refractivity contribution is 4.65. The molecule has 0 aromatic heterocycles. The van der Waals surface area contributed by atoms with Crippen molar-refractivity contribution in [3.05, 3.63) is 0 Å². The van der Waals surface area contributed by atoms with Crippen LogP contribution < -0.4 is 0 Å². The number of hydrogen-bond donors (Lipinski definition) is 0. The van der Waals surface area contributed by atoms with Crippen molar-refractivity contribution in [3.63, 3.8) is 0 Å². The van der Waals surface area contributed by atoms with Crippen molar-refractivity contribution in [3.8, 4) is 0 Å². The molecule has 0 saturated heterocycles. The van der Waals surface area contributed by atoms with Gasteiger partial charge in [0.05, 0.1) is 0 Å². The van der Waals surface area contributed by atoms with E-state index in [0.29, 0.717) is 5.41 Å². The van der Waals surface area contributed by atoms with Crippen LogP contribution in [0, 0.1) is 5.41 Å². The zero-order chi connectivity index (χ0) is 16.5. The van der Waals surface area contributed by atoms with Crippen molar-refractivity contribution >= 4 is 0 Å². The van der Waals surface area contributed by atoms with Crippen LogP contribution >= 0.6 is 0 Å². The van der Waals surface area contributed by atoms with Crippen molar-refractivity contribution < 1.29 is 0 Å². The van der Waals surface area contributed by atoms with Crippen molar-refractivity contribution in [2.45, 2.75) is 137 Å². The van der Waals surface area contributed by atoms with Crippen LogP contribution in [0.4, 0.5) is 0 Å². The lowest BCUT2D eigenvalue weighted by Crippen LogP contribution is -2.08. The second-order valence-corrected chi connectivity index (χ2v) is 8.22. The first-order valence-electron chi connectivity index (χ1n) is 10.6. The molecular weight excluding hydrogens is 264 g/mol. The summed E-state index contributed by atoms with van der Waals surface area (Å²) in [5.41, 5.74) is 0.580. The summed E-state index contributed by atoms with van der Waals surface area (Å²) in [5.74, 6) is 0. The lowest BCUT2D eigenvalue weighted by atomic mass is 9.84. The van der Waals surface area contributed by atoms with E-state index in [1.165, 1.54) is 109 Å². The maximum absolute atomic E-state index is 2.41. The topological polar surface area (TPSA) is 0 Å². The van der Waals surface area contributed by atoms with Crippen LogP contribution in [0.2, 0.25) is 0 Å². The summed E-state index contributed by atoms with van der Waals surface area (Å²) in [6.45, 7) is 9.45. The molecule has 0 unspecified atom stereocenters. The maximum Gasteiger partial charge on any atom is -0.0357 e. The van der Waals surface area contributed by atoms with E-state index in [2.05, 4.69) is 27.7 Å². The summed E-state index contributed by atoms with van der Waals surface area (Å²) in [7, 11) is 0. The Morgan fingerprint density at radius 1 is 0.455 bits per heavy atom. The molecule has 0 nitrogen and oxygen atoms in total. The first-order chi connectivity index (χ1) is 10.6. The first-order valence-corrected chi connectivity index (χ1v) is 10.6. The lowest BCUT2D eigenvalue weighted by Gasteiger charge is -2.22. The van der Waals surface area contributed by atoms with E-state index in [-0.39, 0.29) is 0 Å². The van der Waals surface area contributed by atoms with E-state index in [0.717, 1.165) is 0 Å². The molecule has 0 heterocycles. The van der Waals surface area contributed by atoms with E-state index in [9.17, 15) is 0 Å². The average molecular weight is 311 g/mol. The van der Waals surface area contributed by atoms with Crippen molar-refractivity contribution in [1.82, 2.24) is 0 Å². The molecule has 0 aromatic carbocycles. The van der Waals surface area contributed by atoms with Gasteiger partial charge in [-0.1, -0.05) is 130 Å². The molecule has 0 aliphatic rings. The molecule has 0 aliphatic heterocycles. The van der Waals surface area contributed by atoms with Gasteiger partial charge in [0.25, 0.3) is 0 Å². The van der Waals surface area contributed by atoms with Gasteiger partial charge in [0.1, 0.15) is 0 Å². The molecule has 0 aromatic rings.